The monoisotopic (exact) mass is 562 g/mol. The van der Waals surface area contributed by atoms with Crippen molar-refractivity contribution in [3.8, 4) is 56.2 Å². The van der Waals surface area contributed by atoms with Crippen molar-refractivity contribution in [1.29, 1.82) is 0 Å². The van der Waals surface area contributed by atoms with Crippen LogP contribution in [-0.2, 0) is 0 Å². The second-order valence-corrected chi connectivity index (χ2v) is 10.8. The van der Waals surface area contributed by atoms with Gasteiger partial charge in [-0.1, -0.05) is 84.9 Å². The molecule has 0 amide bonds. The lowest BCUT2D eigenvalue weighted by atomic mass is 9.97. The Morgan fingerprint density at radius 1 is 0.341 bits per heavy atom. The van der Waals surface area contributed by atoms with Gasteiger partial charge in [-0.3, -0.25) is 9.97 Å². The van der Waals surface area contributed by atoms with Gasteiger partial charge in [-0.05, 0) is 87.6 Å². The van der Waals surface area contributed by atoms with Gasteiger partial charge in [0.25, 0.3) is 0 Å². The molecule has 3 aromatic heterocycles. The molecule has 3 heterocycles. The molecule has 0 fully saturated rings. The van der Waals surface area contributed by atoms with E-state index in [0.717, 1.165) is 55.7 Å². The highest BCUT2D eigenvalue weighted by Crippen LogP contribution is 2.33. The molecule has 0 atom stereocenters. The molecule has 206 valence electrons. The minimum atomic E-state index is 0.665. The van der Waals surface area contributed by atoms with Crippen molar-refractivity contribution in [2.75, 3.05) is 0 Å². The molecule has 0 saturated carbocycles. The highest BCUT2D eigenvalue weighted by atomic mass is 14.9. The highest BCUT2D eigenvalue weighted by Gasteiger charge is 2.13. The standard InChI is InChI=1S/C40H26N4/c1-2-7-29-22-32(14-13-27(29)6-1)30-8-3-10-35(23-30)38-26-39(44-40(43-38)28-17-20-41-21-18-28)36-11-4-9-31(24-36)33-15-16-37-34(25-33)12-5-19-42-37/h1-26H. The average molecular weight is 563 g/mol. The minimum absolute atomic E-state index is 0.665. The Morgan fingerprint density at radius 2 is 0.932 bits per heavy atom. The van der Waals surface area contributed by atoms with Crippen LogP contribution in [-0.4, -0.2) is 19.9 Å². The number of benzene rings is 5. The molecule has 4 heteroatoms. The number of hydrogen-bond acceptors (Lipinski definition) is 4. The van der Waals surface area contributed by atoms with Crippen molar-refractivity contribution >= 4 is 21.7 Å². The smallest absolute Gasteiger partial charge is 0.160 e. The molecule has 0 unspecified atom stereocenters. The van der Waals surface area contributed by atoms with Crippen molar-refractivity contribution < 1.29 is 0 Å². The summed E-state index contributed by atoms with van der Waals surface area (Å²) < 4.78 is 0. The van der Waals surface area contributed by atoms with Gasteiger partial charge in [-0.15, -0.1) is 0 Å². The van der Waals surface area contributed by atoms with Gasteiger partial charge in [0.2, 0.25) is 0 Å². The number of aromatic nitrogens is 4. The predicted octanol–water partition coefficient (Wildman–Crippen LogP) is 9.91. The first-order valence-electron chi connectivity index (χ1n) is 14.6. The van der Waals surface area contributed by atoms with E-state index in [1.807, 2.05) is 24.4 Å². The number of hydrogen-bond donors (Lipinski definition) is 0. The first-order chi connectivity index (χ1) is 21.8. The van der Waals surface area contributed by atoms with Crippen LogP contribution in [0, 0.1) is 0 Å². The van der Waals surface area contributed by atoms with E-state index >= 15 is 0 Å². The van der Waals surface area contributed by atoms with Crippen LogP contribution in [0.3, 0.4) is 0 Å². The fourth-order valence-electron chi connectivity index (χ4n) is 5.71. The first kappa shape index (κ1) is 25.7. The average Bonchev–Trinajstić information content (AvgIpc) is 3.11. The third-order valence-electron chi connectivity index (χ3n) is 8.00. The molecule has 4 nitrogen and oxygen atoms in total. The molecule has 0 aliphatic carbocycles. The Bertz CT molecular complexity index is 2150. The van der Waals surface area contributed by atoms with E-state index in [9.17, 15) is 0 Å². The van der Waals surface area contributed by atoms with Crippen molar-refractivity contribution in [2.45, 2.75) is 0 Å². The van der Waals surface area contributed by atoms with E-state index < -0.39 is 0 Å². The highest BCUT2D eigenvalue weighted by molar-refractivity contribution is 5.88. The lowest BCUT2D eigenvalue weighted by Crippen LogP contribution is -1.96. The largest absolute Gasteiger partial charge is 0.265 e. The molecule has 0 radical (unpaired) electrons. The maximum absolute atomic E-state index is 5.05. The zero-order valence-corrected chi connectivity index (χ0v) is 23.8. The number of rotatable bonds is 5. The van der Waals surface area contributed by atoms with E-state index in [2.05, 4.69) is 131 Å². The van der Waals surface area contributed by atoms with Gasteiger partial charge in [0.1, 0.15) is 0 Å². The normalized spacial score (nSPS) is 11.2. The molecule has 0 N–H and O–H groups in total. The Balaban J connectivity index is 1.24. The van der Waals surface area contributed by atoms with Crippen LogP contribution in [0.25, 0.3) is 77.8 Å². The van der Waals surface area contributed by atoms with E-state index in [1.165, 1.54) is 16.3 Å². The van der Waals surface area contributed by atoms with Crippen LogP contribution < -0.4 is 0 Å². The molecular formula is C40H26N4. The predicted molar refractivity (Wildman–Crippen MR) is 180 cm³/mol. The SMILES string of the molecule is c1cc(-c2ccc3ccccc3c2)cc(-c2cc(-c3cccc(-c4ccc5ncccc5c4)c3)nc(-c3ccncc3)n2)c1. The van der Waals surface area contributed by atoms with Crippen LogP contribution in [0.4, 0.5) is 0 Å². The molecule has 8 aromatic rings. The number of pyridine rings is 2. The van der Waals surface area contributed by atoms with Gasteiger partial charge >= 0.3 is 0 Å². The van der Waals surface area contributed by atoms with Gasteiger partial charge in [0.05, 0.1) is 16.9 Å². The molecule has 5 aromatic carbocycles. The molecule has 0 spiro atoms. The van der Waals surface area contributed by atoms with Crippen LogP contribution in [0.5, 0.6) is 0 Å². The van der Waals surface area contributed by atoms with Crippen LogP contribution in [0.15, 0.2) is 158 Å². The fourth-order valence-corrected chi connectivity index (χ4v) is 5.71. The Labute approximate surface area is 255 Å². The van der Waals surface area contributed by atoms with E-state index in [4.69, 9.17) is 9.97 Å². The quantitative estimate of drug-likeness (QED) is 0.209. The zero-order valence-electron chi connectivity index (χ0n) is 23.8. The lowest BCUT2D eigenvalue weighted by molar-refractivity contribution is 1.18. The Kier molecular flexibility index (Phi) is 6.43. The number of nitrogens with zero attached hydrogens (tertiary/aromatic N) is 4. The second kappa shape index (κ2) is 11.0. The fraction of sp³-hybridized carbons (Fsp3) is 0. The Hall–Kier alpha value is -6.00. The molecule has 0 bridgehead atoms. The topological polar surface area (TPSA) is 51.6 Å². The van der Waals surface area contributed by atoms with Crippen LogP contribution >= 0.6 is 0 Å². The van der Waals surface area contributed by atoms with Gasteiger partial charge < -0.3 is 0 Å². The van der Waals surface area contributed by atoms with Crippen LogP contribution in [0.2, 0.25) is 0 Å². The zero-order chi connectivity index (χ0) is 29.3. The van der Waals surface area contributed by atoms with Crippen molar-refractivity contribution in [1.82, 2.24) is 19.9 Å². The maximum atomic E-state index is 5.05. The lowest BCUT2D eigenvalue weighted by Gasteiger charge is -2.12. The summed E-state index contributed by atoms with van der Waals surface area (Å²) in [5.74, 6) is 0.665. The van der Waals surface area contributed by atoms with E-state index in [0.29, 0.717) is 5.82 Å². The first-order valence-corrected chi connectivity index (χ1v) is 14.6. The second-order valence-electron chi connectivity index (χ2n) is 10.8. The summed E-state index contributed by atoms with van der Waals surface area (Å²) in [4.78, 5) is 18.8. The third-order valence-corrected chi connectivity index (χ3v) is 8.00. The minimum Gasteiger partial charge on any atom is -0.265 e. The summed E-state index contributed by atoms with van der Waals surface area (Å²) in [6.45, 7) is 0. The summed E-state index contributed by atoms with van der Waals surface area (Å²) in [5, 5.41) is 3.57. The number of fused-ring (bicyclic) bond motifs is 2. The molecular weight excluding hydrogens is 536 g/mol. The molecule has 8 rings (SSSR count). The maximum Gasteiger partial charge on any atom is 0.160 e. The van der Waals surface area contributed by atoms with Gasteiger partial charge in [0, 0.05) is 40.7 Å². The van der Waals surface area contributed by atoms with E-state index in [-0.39, 0.29) is 0 Å². The molecule has 44 heavy (non-hydrogen) atoms. The summed E-state index contributed by atoms with van der Waals surface area (Å²) in [6.07, 6.45) is 5.38. The van der Waals surface area contributed by atoms with Crippen LogP contribution in [0.1, 0.15) is 0 Å². The Morgan fingerprint density at radius 3 is 1.66 bits per heavy atom. The molecule has 0 aliphatic rings. The van der Waals surface area contributed by atoms with Crippen molar-refractivity contribution in [2.24, 2.45) is 0 Å². The summed E-state index contributed by atoms with van der Waals surface area (Å²) in [7, 11) is 0. The summed E-state index contributed by atoms with van der Waals surface area (Å²) in [5.41, 5.74) is 10.3. The molecule has 0 aliphatic heterocycles. The van der Waals surface area contributed by atoms with Gasteiger partial charge in [-0.25, -0.2) is 9.97 Å². The summed E-state index contributed by atoms with van der Waals surface area (Å²) >= 11 is 0. The van der Waals surface area contributed by atoms with Crippen molar-refractivity contribution in [3.05, 3.63) is 158 Å². The van der Waals surface area contributed by atoms with E-state index in [1.54, 1.807) is 12.4 Å². The summed E-state index contributed by atoms with van der Waals surface area (Å²) in [6, 6.07) is 48.6. The molecule has 0 saturated heterocycles. The van der Waals surface area contributed by atoms with Crippen molar-refractivity contribution in [3.63, 3.8) is 0 Å². The third kappa shape index (κ3) is 4.99. The van der Waals surface area contributed by atoms with Gasteiger partial charge in [-0.2, -0.15) is 0 Å². The van der Waals surface area contributed by atoms with Gasteiger partial charge in [0.15, 0.2) is 5.82 Å².